The Hall–Kier alpha value is -3.75. The van der Waals surface area contributed by atoms with Gasteiger partial charge in [-0.1, -0.05) is 12.1 Å². The van der Waals surface area contributed by atoms with Crippen LogP contribution in [-0.4, -0.2) is 43.1 Å². The Balaban J connectivity index is 1.54. The van der Waals surface area contributed by atoms with Crippen molar-refractivity contribution in [3.63, 3.8) is 0 Å². The number of para-hydroxylation sites is 2. The second kappa shape index (κ2) is 9.84. The quantitative estimate of drug-likeness (QED) is 0.681. The van der Waals surface area contributed by atoms with Crippen molar-refractivity contribution >= 4 is 23.4 Å². The molecule has 164 valence electrons. The number of ether oxygens (including phenoxy) is 3. The number of nitrogens with zero attached hydrogens (tertiary/aromatic N) is 1. The zero-order chi connectivity index (χ0) is 22.4. The predicted octanol–water partition coefficient (Wildman–Crippen LogP) is 1.81. The van der Waals surface area contributed by atoms with Crippen molar-refractivity contribution in [2.75, 3.05) is 18.1 Å². The minimum Gasteiger partial charge on any atom is -0.494 e. The molecular weight excluding hydrogens is 402 g/mol. The van der Waals surface area contributed by atoms with E-state index in [2.05, 4.69) is 10.9 Å². The molecule has 0 saturated carbocycles. The molecule has 2 unspecified atom stereocenters. The summed E-state index contributed by atoms with van der Waals surface area (Å²) in [6.07, 6.45) is -1.83. The van der Waals surface area contributed by atoms with Gasteiger partial charge in [-0.2, -0.15) is 0 Å². The van der Waals surface area contributed by atoms with Crippen LogP contribution in [0.3, 0.4) is 0 Å². The molecule has 9 nitrogen and oxygen atoms in total. The van der Waals surface area contributed by atoms with Crippen LogP contribution in [0.15, 0.2) is 48.5 Å². The molecule has 3 rings (SSSR count). The minimum atomic E-state index is -0.971. The van der Waals surface area contributed by atoms with E-state index in [0.717, 1.165) is 0 Å². The van der Waals surface area contributed by atoms with Crippen molar-refractivity contribution in [2.45, 2.75) is 33.0 Å². The van der Waals surface area contributed by atoms with Crippen LogP contribution < -0.4 is 30.0 Å². The summed E-state index contributed by atoms with van der Waals surface area (Å²) in [6, 6.07) is 13.8. The van der Waals surface area contributed by atoms with Gasteiger partial charge in [0, 0.05) is 6.92 Å². The summed E-state index contributed by atoms with van der Waals surface area (Å²) in [7, 11) is 0. The van der Waals surface area contributed by atoms with Crippen LogP contribution in [0.5, 0.6) is 17.2 Å². The van der Waals surface area contributed by atoms with E-state index in [9.17, 15) is 14.4 Å². The Kier molecular flexibility index (Phi) is 6.96. The summed E-state index contributed by atoms with van der Waals surface area (Å²) in [6.45, 7) is 5.45. The number of hydrogen-bond acceptors (Lipinski definition) is 6. The Morgan fingerprint density at radius 3 is 2.45 bits per heavy atom. The van der Waals surface area contributed by atoms with Gasteiger partial charge in [-0.15, -0.1) is 0 Å². The molecule has 0 saturated heterocycles. The molecule has 0 aromatic heterocycles. The third-order valence-corrected chi connectivity index (χ3v) is 4.57. The standard InChI is InChI=1S/C22H25N3O6/c1-4-29-16-9-11-17(12-10-16)30-14(2)21(27)23-24-22(28)20-13-25(15(3)26)18-7-5-6-8-19(18)31-20/h5-12,14,20H,4,13H2,1-3H3,(H,23,27)(H,24,28). The smallest absolute Gasteiger partial charge is 0.281 e. The van der Waals surface area contributed by atoms with E-state index >= 15 is 0 Å². The molecule has 0 fully saturated rings. The molecule has 0 bridgehead atoms. The van der Waals surface area contributed by atoms with Gasteiger partial charge in [0.2, 0.25) is 5.91 Å². The maximum absolute atomic E-state index is 12.5. The second-order valence-corrected chi connectivity index (χ2v) is 6.85. The van der Waals surface area contributed by atoms with Gasteiger partial charge < -0.3 is 19.1 Å². The number of anilines is 1. The number of benzene rings is 2. The van der Waals surface area contributed by atoms with Crippen molar-refractivity contribution in [3.05, 3.63) is 48.5 Å². The number of carbonyl (C=O) groups is 3. The van der Waals surface area contributed by atoms with Gasteiger partial charge in [0.25, 0.3) is 11.8 Å². The number of amides is 3. The first-order valence-corrected chi connectivity index (χ1v) is 9.92. The average molecular weight is 427 g/mol. The Morgan fingerprint density at radius 2 is 1.77 bits per heavy atom. The average Bonchev–Trinajstić information content (AvgIpc) is 2.77. The molecule has 1 heterocycles. The van der Waals surface area contributed by atoms with E-state index in [-0.39, 0.29) is 12.5 Å². The first-order chi connectivity index (χ1) is 14.9. The number of carbonyl (C=O) groups excluding carboxylic acids is 3. The normalized spacial score (nSPS) is 15.7. The van der Waals surface area contributed by atoms with E-state index in [1.54, 1.807) is 55.5 Å². The van der Waals surface area contributed by atoms with Gasteiger partial charge in [0.1, 0.15) is 17.2 Å². The molecule has 2 aromatic rings. The van der Waals surface area contributed by atoms with Crippen molar-refractivity contribution in [2.24, 2.45) is 0 Å². The van der Waals surface area contributed by atoms with Crippen LogP contribution in [0.2, 0.25) is 0 Å². The molecule has 0 radical (unpaired) electrons. The molecule has 2 N–H and O–H groups in total. The zero-order valence-electron chi connectivity index (χ0n) is 17.6. The Bertz CT molecular complexity index is 947. The maximum Gasteiger partial charge on any atom is 0.281 e. The molecule has 0 spiro atoms. The van der Waals surface area contributed by atoms with Crippen molar-refractivity contribution in [3.8, 4) is 17.2 Å². The summed E-state index contributed by atoms with van der Waals surface area (Å²) in [5.41, 5.74) is 5.26. The highest BCUT2D eigenvalue weighted by atomic mass is 16.5. The third kappa shape index (κ3) is 5.44. The van der Waals surface area contributed by atoms with E-state index in [0.29, 0.717) is 29.5 Å². The summed E-state index contributed by atoms with van der Waals surface area (Å²) in [5.74, 6) is 0.274. The summed E-state index contributed by atoms with van der Waals surface area (Å²) >= 11 is 0. The molecule has 31 heavy (non-hydrogen) atoms. The van der Waals surface area contributed by atoms with Crippen molar-refractivity contribution < 1.29 is 28.6 Å². The third-order valence-electron chi connectivity index (χ3n) is 4.57. The molecule has 1 aliphatic heterocycles. The lowest BCUT2D eigenvalue weighted by Crippen LogP contribution is -2.55. The van der Waals surface area contributed by atoms with Gasteiger partial charge in [-0.25, -0.2) is 0 Å². The first-order valence-electron chi connectivity index (χ1n) is 9.92. The topological polar surface area (TPSA) is 106 Å². The fourth-order valence-corrected chi connectivity index (χ4v) is 3.01. The second-order valence-electron chi connectivity index (χ2n) is 6.85. The minimum absolute atomic E-state index is 0.0340. The number of rotatable bonds is 6. The van der Waals surface area contributed by atoms with Crippen molar-refractivity contribution in [1.29, 1.82) is 0 Å². The molecule has 1 aliphatic rings. The van der Waals surface area contributed by atoms with Crippen molar-refractivity contribution in [1.82, 2.24) is 10.9 Å². The molecule has 2 atom stereocenters. The van der Waals surface area contributed by atoms with Crippen LogP contribution in [0.25, 0.3) is 0 Å². The van der Waals surface area contributed by atoms with Gasteiger partial charge in [-0.05, 0) is 50.2 Å². The number of hydrogen-bond donors (Lipinski definition) is 2. The van der Waals surface area contributed by atoms with Crippen LogP contribution in [-0.2, 0) is 14.4 Å². The highest BCUT2D eigenvalue weighted by Gasteiger charge is 2.32. The Morgan fingerprint density at radius 1 is 1.10 bits per heavy atom. The zero-order valence-corrected chi connectivity index (χ0v) is 17.6. The molecule has 2 aromatic carbocycles. The lowest BCUT2D eigenvalue weighted by atomic mass is 10.2. The van der Waals surface area contributed by atoms with Gasteiger partial charge in [-0.3, -0.25) is 25.2 Å². The molecule has 0 aliphatic carbocycles. The summed E-state index contributed by atoms with van der Waals surface area (Å²) < 4.78 is 16.6. The monoisotopic (exact) mass is 427 g/mol. The van der Waals surface area contributed by atoms with Gasteiger partial charge >= 0.3 is 0 Å². The largest absolute Gasteiger partial charge is 0.494 e. The summed E-state index contributed by atoms with van der Waals surface area (Å²) in [4.78, 5) is 38.2. The molecule has 9 heteroatoms. The Labute approximate surface area is 180 Å². The number of hydrazine groups is 1. The van der Waals surface area contributed by atoms with Crippen LogP contribution in [0, 0.1) is 0 Å². The fourth-order valence-electron chi connectivity index (χ4n) is 3.01. The van der Waals surface area contributed by atoms with Crippen LogP contribution >= 0.6 is 0 Å². The first kappa shape index (κ1) is 21.9. The van der Waals surface area contributed by atoms with Crippen LogP contribution in [0.4, 0.5) is 5.69 Å². The predicted molar refractivity (Wildman–Crippen MR) is 113 cm³/mol. The van der Waals surface area contributed by atoms with E-state index in [4.69, 9.17) is 14.2 Å². The lowest BCUT2D eigenvalue weighted by molar-refractivity contribution is -0.136. The van der Waals surface area contributed by atoms with E-state index < -0.39 is 24.0 Å². The lowest BCUT2D eigenvalue weighted by Gasteiger charge is -2.33. The number of nitrogens with one attached hydrogen (secondary N) is 2. The SMILES string of the molecule is CCOc1ccc(OC(C)C(=O)NNC(=O)C2CN(C(C)=O)c3ccccc3O2)cc1. The van der Waals surface area contributed by atoms with E-state index in [1.807, 2.05) is 6.92 Å². The fraction of sp³-hybridized carbons (Fsp3) is 0.318. The molecular formula is C22H25N3O6. The summed E-state index contributed by atoms with van der Waals surface area (Å²) in [5, 5.41) is 0. The highest BCUT2D eigenvalue weighted by Crippen LogP contribution is 2.33. The van der Waals surface area contributed by atoms with Crippen LogP contribution in [0.1, 0.15) is 20.8 Å². The van der Waals surface area contributed by atoms with Gasteiger partial charge in [0.05, 0.1) is 18.8 Å². The molecule has 3 amide bonds. The highest BCUT2D eigenvalue weighted by molar-refractivity contribution is 5.96. The van der Waals surface area contributed by atoms with Gasteiger partial charge in [0.15, 0.2) is 12.2 Å². The van der Waals surface area contributed by atoms with E-state index in [1.165, 1.54) is 11.8 Å². The number of fused-ring (bicyclic) bond motifs is 1. The maximum atomic E-state index is 12.5.